The van der Waals surface area contributed by atoms with Gasteiger partial charge in [-0.25, -0.2) is 4.39 Å². The van der Waals surface area contributed by atoms with Crippen molar-refractivity contribution in [3.8, 4) is 17.5 Å². The Kier molecular flexibility index (Phi) is 3.32. The predicted molar refractivity (Wildman–Crippen MR) is 66.4 cm³/mol. The van der Waals surface area contributed by atoms with Gasteiger partial charge < -0.3 is 15.2 Å². The van der Waals surface area contributed by atoms with Gasteiger partial charge in [-0.15, -0.1) is 0 Å². The molecule has 0 saturated heterocycles. The number of halogens is 1. The Hall–Kier alpha value is -2.30. The van der Waals surface area contributed by atoms with Crippen molar-refractivity contribution in [2.45, 2.75) is 6.92 Å². The highest BCUT2D eigenvalue weighted by atomic mass is 19.1. The van der Waals surface area contributed by atoms with Crippen molar-refractivity contribution in [1.29, 1.82) is 0 Å². The number of aryl methyl sites for hydroxylation is 1. The average Bonchev–Trinajstić information content (AvgIpc) is 2.36. The van der Waals surface area contributed by atoms with Crippen molar-refractivity contribution >= 4 is 5.69 Å². The molecule has 2 aromatic rings. The summed E-state index contributed by atoms with van der Waals surface area (Å²) in [6, 6.07) is 7.81. The van der Waals surface area contributed by atoms with Crippen LogP contribution in [0.5, 0.6) is 17.5 Å². The SMILES string of the molecule is COc1ccc(N)c(Oc2ccc(C)c(F)c2)n1. The van der Waals surface area contributed by atoms with E-state index in [1.54, 1.807) is 31.2 Å². The Morgan fingerprint density at radius 2 is 2.00 bits per heavy atom. The van der Waals surface area contributed by atoms with Crippen LogP contribution in [-0.2, 0) is 0 Å². The van der Waals surface area contributed by atoms with Crippen LogP contribution in [0.4, 0.5) is 10.1 Å². The molecule has 0 aliphatic carbocycles. The Morgan fingerprint density at radius 1 is 1.22 bits per heavy atom. The smallest absolute Gasteiger partial charge is 0.246 e. The topological polar surface area (TPSA) is 57.4 Å². The third kappa shape index (κ3) is 2.51. The molecule has 0 fully saturated rings. The van der Waals surface area contributed by atoms with Gasteiger partial charge in [-0.3, -0.25) is 0 Å². The third-order valence-electron chi connectivity index (χ3n) is 2.43. The van der Waals surface area contributed by atoms with Gasteiger partial charge >= 0.3 is 0 Å². The van der Waals surface area contributed by atoms with E-state index in [1.807, 2.05) is 0 Å². The highest BCUT2D eigenvalue weighted by molar-refractivity contribution is 5.51. The molecule has 0 spiro atoms. The van der Waals surface area contributed by atoms with E-state index in [9.17, 15) is 4.39 Å². The molecule has 0 aliphatic heterocycles. The minimum Gasteiger partial charge on any atom is -0.481 e. The third-order valence-corrected chi connectivity index (χ3v) is 2.43. The number of nitrogens with zero attached hydrogens (tertiary/aromatic N) is 1. The second kappa shape index (κ2) is 4.91. The summed E-state index contributed by atoms with van der Waals surface area (Å²) < 4.78 is 23.8. The zero-order chi connectivity index (χ0) is 13.1. The summed E-state index contributed by atoms with van der Waals surface area (Å²) in [6.45, 7) is 1.68. The molecule has 18 heavy (non-hydrogen) atoms. The molecule has 1 aromatic heterocycles. The molecule has 0 unspecified atom stereocenters. The number of hydrogen-bond donors (Lipinski definition) is 1. The molecule has 5 heteroatoms. The van der Waals surface area contributed by atoms with Gasteiger partial charge in [-0.1, -0.05) is 6.07 Å². The lowest BCUT2D eigenvalue weighted by Gasteiger charge is -2.09. The van der Waals surface area contributed by atoms with Crippen molar-refractivity contribution in [1.82, 2.24) is 4.98 Å². The van der Waals surface area contributed by atoms with Crippen LogP contribution in [0, 0.1) is 12.7 Å². The van der Waals surface area contributed by atoms with Gasteiger partial charge in [-0.05, 0) is 24.6 Å². The molecule has 4 nitrogen and oxygen atoms in total. The number of ether oxygens (including phenoxy) is 2. The highest BCUT2D eigenvalue weighted by Gasteiger charge is 2.07. The summed E-state index contributed by atoms with van der Waals surface area (Å²) in [5.41, 5.74) is 6.63. The van der Waals surface area contributed by atoms with E-state index in [-0.39, 0.29) is 11.7 Å². The van der Waals surface area contributed by atoms with Crippen LogP contribution in [0.1, 0.15) is 5.56 Å². The van der Waals surface area contributed by atoms with Gasteiger partial charge in [0.25, 0.3) is 0 Å². The fourth-order valence-corrected chi connectivity index (χ4v) is 1.38. The molecule has 0 saturated carbocycles. The quantitative estimate of drug-likeness (QED) is 0.907. The first-order valence-corrected chi connectivity index (χ1v) is 5.34. The van der Waals surface area contributed by atoms with Gasteiger partial charge in [0.1, 0.15) is 11.6 Å². The Balaban J connectivity index is 2.30. The van der Waals surface area contributed by atoms with Crippen molar-refractivity contribution < 1.29 is 13.9 Å². The highest BCUT2D eigenvalue weighted by Crippen LogP contribution is 2.28. The average molecular weight is 248 g/mol. The molecule has 94 valence electrons. The number of hydrogen-bond acceptors (Lipinski definition) is 4. The maximum atomic E-state index is 13.4. The standard InChI is InChI=1S/C13H13FN2O2/c1-8-3-4-9(7-10(8)14)18-13-11(15)5-6-12(16-13)17-2/h3-7H,15H2,1-2H3. The van der Waals surface area contributed by atoms with Gasteiger partial charge in [0.05, 0.1) is 12.8 Å². The summed E-state index contributed by atoms with van der Waals surface area (Å²) in [7, 11) is 1.49. The van der Waals surface area contributed by atoms with E-state index in [1.165, 1.54) is 13.2 Å². The first-order chi connectivity index (χ1) is 8.60. The molecule has 0 radical (unpaired) electrons. The van der Waals surface area contributed by atoms with E-state index in [0.29, 0.717) is 22.9 Å². The van der Waals surface area contributed by atoms with Crippen molar-refractivity contribution in [3.05, 3.63) is 41.7 Å². The number of methoxy groups -OCH3 is 1. The lowest BCUT2D eigenvalue weighted by Crippen LogP contribution is -1.97. The Morgan fingerprint density at radius 3 is 2.67 bits per heavy atom. The molecule has 1 heterocycles. The summed E-state index contributed by atoms with van der Waals surface area (Å²) in [5, 5.41) is 0. The molecule has 2 rings (SSSR count). The minimum atomic E-state index is -0.339. The minimum absolute atomic E-state index is 0.192. The molecular weight excluding hydrogens is 235 g/mol. The number of aromatic nitrogens is 1. The van der Waals surface area contributed by atoms with Crippen LogP contribution in [-0.4, -0.2) is 12.1 Å². The lowest BCUT2D eigenvalue weighted by atomic mass is 10.2. The molecule has 1 aromatic carbocycles. The lowest BCUT2D eigenvalue weighted by molar-refractivity contribution is 0.383. The number of nitrogen functional groups attached to an aromatic ring is 1. The van der Waals surface area contributed by atoms with Crippen LogP contribution < -0.4 is 15.2 Å². The van der Waals surface area contributed by atoms with Crippen LogP contribution in [0.25, 0.3) is 0 Å². The predicted octanol–water partition coefficient (Wildman–Crippen LogP) is 2.91. The largest absolute Gasteiger partial charge is 0.481 e. The van der Waals surface area contributed by atoms with Gasteiger partial charge in [-0.2, -0.15) is 4.98 Å². The molecule has 0 bridgehead atoms. The molecule has 0 atom stereocenters. The Bertz CT molecular complexity index is 573. The summed E-state index contributed by atoms with van der Waals surface area (Å²) in [6.07, 6.45) is 0. The maximum Gasteiger partial charge on any atom is 0.246 e. The normalized spacial score (nSPS) is 10.2. The Labute approximate surface area is 104 Å². The molecule has 2 N–H and O–H groups in total. The van der Waals surface area contributed by atoms with E-state index < -0.39 is 0 Å². The van der Waals surface area contributed by atoms with Gasteiger partial charge in [0.15, 0.2) is 0 Å². The first-order valence-electron chi connectivity index (χ1n) is 5.34. The zero-order valence-electron chi connectivity index (χ0n) is 10.1. The van der Waals surface area contributed by atoms with Crippen LogP contribution >= 0.6 is 0 Å². The van der Waals surface area contributed by atoms with Crippen molar-refractivity contribution in [2.24, 2.45) is 0 Å². The monoisotopic (exact) mass is 248 g/mol. The summed E-state index contributed by atoms with van der Waals surface area (Å²) in [5.74, 6) is 0.573. The molecule has 0 aliphatic rings. The second-order valence-corrected chi connectivity index (χ2v) is 3.76. The van der Waals surface area contributed by atoms with E-state index >= 15 is 0 Å². The number of benzene rings is 1. The number of rotatable bonds is 3. The van der Waals surface area contributed by atoms with Crippen molar-refractivity contribution in [3.63, 3.8) is 0 Å². The molecule has 0 amide bonds. The van der Waals surface area contributed by atoms with E-state index in [2.05, 4.69) is 4.98 Å². The van der Waals surface area contributed by atoms with E-state index in [0.717, 1.165) is 0 Å². The van der Waals surface area contributed by atoms with E-state index in [4.69, 9.17) is 15.2 Å². The fourth-order valence-electron chi connectivity index (χ4n) is 1.38. The maximum absolute atomic E-state index is 13.4. The van der Waals surface area contributed by atoms with Crippen LogP contribution in [0.2, 0.25) is 0 Å². The van der Waals surface area contributed by atoms with Gasteiger partial charge in [0.2, 0.25) is 11.8 Å². The number of anilines is 1. The van der Waals surface area contributed by atoms with Crippen molar-refractivity contribution in [2.75, 3.05) is 12.8 Å². The number of pyridine rings is 1. The van der Waals surface area contributed by atoms with Crippen LogP contribution in [0.3, 0.4) is 0 Å². The summed E-state index contributed by atoms with van der Waals surface area (Å²) >= 11 is 0. The fraction of sp³-hybridized carbons (Fsp3) is 0.154. The second-order valence-electron chi connectivity index (χ2n) is 3.76. The van der Waals surface area contributed by atoms with Crippen LogP contribution in [0.15, 0.2) is 30.3 Å². The first kappa shape index (κ1) is 12.2. The summed E-state index contributed by atoms with van der Waals surface area (Å²) in [4.78, 5) is 4.05. The molecular formula is C13H13FN2O2. The zero-order valence-corrected chi connectivity index (χ0v) is 10.1. The van der Waals surface area contributed by atoms with Gasteiger partial charge in [0, 0.05) is 12.1 Å². The number of nitrogens with two attached hydrogens (primary N) is 1.